The van der Waals surface area contributed by atoms with Crippen LogP contribution in [-0.2, 0) is 24.3 Å². The van der Waals surface area contributed by atoms with Crippen LogP contribution in [0.2, 0.25) is 0 Å². The molecular formula is C34H31FN6O3S2. The van der Waals surface area contributed by atoms with E-state index in [0.717, 1.165) is 21.7 Å². The molecule has 5 aromatic rings. The molecule has 12 heteroatoms. The number of carbonyl (C=O) groups excluding carboxylic acids is 2. The summed E-state index contributed by atoms with van der Waals surface area (Å²) in [6, 6.07) is 26.8. The van der Waals surface area contributed by atoms with Gasteiger partial charge in [-0.1, -0.05) is 66.4 Å². The summed E-state index contributed by atoms with van der Waals surface area (Å²) in [5.41, 5.74) is 3.25. The first kappa shape index (κ1) is 31.2. The van der Waals surface area contributed by atoms with Crippen LogP contribution in [0.3, 0.4) is 0 Å². The zero-order valence-corrected chi connectivity index (χ0v) is 26.6. The molecule has 1 atom stereocenters. The smallest absolute Gasteiger partial charge is 0.253 e. The lowest BCUT2D eigenvalue weighted by Crippen LogP contribution is -2.28. The second-order valence-corrected chi connectivity index (χ2v) is 12.4. The molecule has 0 spiro atoms. The van der Waals surface area contributed by atoms with Crippen molar-refractivity contribution in [1.29, 1.82) is 0 Å². The SMILES string of the molecule is COc1cccc(C(=O)NCc2nnc(SCC(=O)N3N=C(c4cccs4)C[C@H]3c3ccc(F)cc3)n2CCc2ccccc2)c1. The summed E-state index contributed by atoms with van der Waals surface area (Å²) in [6.45, 7) is 0.708. The van der Waals surface area contributed by atoms with Crippen LogP contribution in [-0.4, -0.2) is 50.2 Å². The van der Waals surface area contributed by atoms with E-state index in [2.05, 4.69) is 27.6 Å². The van der Waals surface area contributed by atoms with Crippen molar-refractivity contribution in [2.24, 2.45) is 5.10 Å². The van der Waals surface area contributed by atoms with E-state index in [1.807, 2.05) is 40.3 Å². The molecule has 9 nitrogen and oxygen atoms in total. The Morgan fingerprint density at radius 2 is 1.85 bits per heavy atom. The molecule has 2 aromatic heterocycles. The van der Waals surface area contributed by atoms with E-state index in [9.17, 15) is 14.0 Å². The molecule has 1 N–H and O–H groups in total. The minimum atomic E-state index is -0.343. The van der Waals surface area contributed by atoms with Gasteiger partial charge in [0.15, 0.2) is 11.0 Å². The molecule has 0 unspecified atom stereocenters. The van der Waals surface area contributed by atoms with Gasteiger partial charge < -0.3 is 14.6 Å². The van der Waals surface area contributed by atoms with Gasteiger partial charge in [-0.05, 0) is 59.3 Å². The first-order valence-electron chi connectivity index (χ1n) is 14.7. The van der Waals surface area contributed by atoms with Gasteiger partial charge in [0.1, 0.15) is 11.6 Å². The molecule has 6 rings (SSSR count). The third-order valence-electron chi connectivity index (χ3n) is 7.55. The van der Waals surface area contributed by atoms with Gasteiger partial charge in [-0.2, -0.15) is 5.10 Å². The fraction of sp³-hybridized carbons (Fsp3) is 0.206. The molecule has 0 saturated carbocycles. The van der Waals surface area contributed by atoms with Crippen molar-refractivity contribution in [3.63, 3.8) is 0 Å². The molecule has 234 valence electrons. The highest BCUT2D eigenvalue weighted by Gasteiger charge is 2.33. The van der Waals surface area contributed by atoms with Gasteiger partial charge in [-0.3, -0.25) is 9.59 Å². The number of aromatic nitrogens is 3. The number of hydrazone groups is 1. The number of halogens is 1. The van der Waals surface area contributed by atoms with Crippen molar-refractivity contribution < 1.29 is 18.7 Å². The van der Waals surface area contributed by atoms with Gasteiger partial charge in [0.05, 0.1) is 36.0 Å². The lowest BCUT2D eigenvalue weighted by atomic mass is 10.0. The second-order valence-electron chi connectivity index (χ2n) is 10.5. The molecule has 3 heterocycles. The summed E-state index contributed by atoms with van der Waals surface area (Å²) in [5.74, 6) is 0.440. The molecule has 0 aliphatic carbocycles. The molecule has 0 radical (unpaired) electrons. The Morgan fingerprint density at radius 3 is 2.61 bits per heavy atom. The highest BCUT2D eigenvalue weighted by molar-refractivity contribution is 7.99. The maximum absolute atomic E-state index is 13.7. The molecule has 46 heavy (non-hydrogen) atoms. The fourth-order valence-corrected chi connectivity index (χ4v) is 6.72. The molecule has 0 saturated heterocycles. The van der Waals surface area contributed by atoms with Crippen LogP contribution < -0.4 is 10.1 Å². The maximum Gasteiger partial charge on any atom is 0.253 e. The molecule has 1 aliphatic heterocycles. The first-order valence-corrected chi connectivity index (χ1v) is 16.5. The Balaban J connectivity index is 1.19. The van der Waals surface area contributed by atoms with Gasteiger partial charge >= 0.3 is 0 Å². The monoisotopic (exact) mass is 654 g/mol. The average molecular weight is 655 g/mol. The van der Waals surface area contributed by atoms with E-state index in [0.29, 0.717) is 41.7 Å². The van der Waals surface area contributed by atoms with Crippen molar-refractivity contribution in [1.82, 2.24) is 25.1 Å². The maximum atomic E-state index is 13.7. The van der Waals surface area contributed by atoms with Crippen molar-refractivity contribution in [2.45, 2.75) is 37.1 Å². The summed E-state index contributed by atoms with van der Waals surface area (Å²) >= 11 is 2.84. The number of nitrogens with zero attached hydrogens (tertiary/aromatic N) is 5. The Kier molecular flexibility index (Phi) is 9.85. The molecule has 2 amide bonds. The standard InChI is InChI=1S/C34H31FN6O3S2/c1-44-27-10-5-9-25(19-27)33(43)36-21-31-37-38-34(40(31)17-16-23-7-3-2-4-8-23)46-22-32(42)41-29(24-12-14-26(35)15-13-24)20-28(39-41)30-11-6-18-45-30/h2-15,18-19,29H,16-17,20-22H2,1H3,(H,36,43)/t29-/m0/s1. The van der Waals surface area contributed by atoms with Crippen molar-refractivity contribution in [2.75, 3.05) is 12.9 Å². The van der Waals surface area contributed by atoms with Crippen molar-refractivity contribution >= 4 is 40.6 Å². The highest BCUT2D eigenvalue weighted by atomic mass is 32.2. The number of rotatable bonds is 12. The van der Waals surface area contributed by atoms with Crippen molar-refractivity contribution in [3.8, 4) is 5.75 Å². The molecule has 1 aliphatic rings. The zero-order valence-electron chi connectivity index (χ0n) is 25.0. The lowest BCUT2D eigenvalue weighted by Gasteiger charge is -2.22. The summed E-state index contributed by atoms with van der Waals surface area (Å²) in [5, 5.41) is 20.5. The van der Waals surface area contributed by atoms with Crippen LogP contribution in [0.4, 0.5) is 4.39 Å². The molecular weight excluding hydrogens is 624 g/mol. The Morgan fingerprint density at radius 1 is 1.02 bits per heavy atom. The Hall–Kier alpha value is -4.81. The number of amides is 2. The lowest BCUT2D eigenvalue weighted by molar-refractivity contribution is -0.130. The number of methoxy groups -OCH3 is 1. The van der Waals surface area contributed by atoms with E-state index < -0.39 is 0 Å². The van der Waals surface area contributed by atoms with E-state index in [1.165, 1.54) is 28.9 Å². The van der Waals surface area contributed by atoms with Crippen LogP contribution in [0.1, 0.15) is 44.6 Å². The largest absolute Gasteiger partial charge is 0.497 e. The number of aryl methyl sites for hydroxylation is 1. The Labute approximate surface area is 274 Å². The number of ether oxygens (including phenoxy) is 1. The van der Waals surface area contributed by atoms with E-state index in [-0.39, 0.29) is 36.0 Å². The minimum Gasteiger partial charge on any atom is -0.497 e. The third-order valence-corrected chi connectivity index (χ3v) is 9.42. The number of benzene rings is 3. The van der Waals surface area contributed by atoms with Crippen molar-refractivity contribution in [3.05, 3.63) is 130 Å². The van der Waals surface area contributed by atoms with Crippen LogP contribution in [0, 0.1) is 5.82 Å². The fourth-order valence-electron chi connectivity index (χ4n) is 5.16. The molecule has 0 bridgehead atoms. The number of thiophene rings is 1. The summed E-state index contributed by atoms with van der Waals surface area (Å²) in [4.78, 5) is 27.6. The third kappa shape index (κ3) is 7.35. The van der Waals surface area contributed by atoms with Gasteiger partial charge in [-0.25, -0.2) is 9.40 Å². The second kappa shape index (κ2) is 14.5. The number of hydrogen-bond acceptors (Lipinski definition) is 8. The number of carbonyl (C=O) groups is 2. The highest BCUT2D eigenvalue weighted by Crippen LogP contribution is 2.35. The molecule has 3 aromatic carbocycles. The van der Waals surface area contributed by atoms with E-state index in [1.54, 1.807) is 54.8 Å². The summed E-state index contributed by atoms with van der Waals surface area (Å²) in [6.07, 6.45) is 1.25. The number of nitrogens with one attached hydrogen (secondary N) is 1. The first-order chi connectivity index (χ1) is 22.5. The topological polar surface area (TPSA) is 102 Å². The van der Waals surface area contributed by atoms with Gasteiger partial charge in [-0.15, -0.1) is 21.5 Å². The van der Waals surface area contributed by atoms with Crippen LogP contribution in [0.15, 0.2) is 107 Å². The minimum absolute atomic E-state index is 0.0680. The predicted molar refractivity (Wildman–Crippen MR) is 177 cm³/mol. The quantitative estimate of drug-likeness (QED) is 0.163. The van der Waals surface area contributed by atoms with Crippen LogP contribution in [0.25, 0.3) is 0 Å². The average Bonchev–Trinajstić information content (AvgIpc) is 3.86. The summed E-state index contributed by atoms with van der Waals surface area (Å²) < 4.78 is 20.9. The number of hydrogen-bond donors (Lipinski definition) is 1. The normalized spacial score (nSPS) is 14.3. The van der Waals surface area contributed by atoms with E-state index >= 15 is 0 Å². The molecule has 0 fully saturated rings. The van der Waals surface area contributed by atoms with Crippen LogP contribution >= 0.6 is 23.1 Å². The summed E-state index contributed by atoms with van der Waals surface area (Å²) in [7, 11) is 1.55. The Bertz CT molecular complexity index is 1830. The van der Waals surface area contributed by atoms with Gasteiger partial charge in [0.25, 0.3) is 11.8 Å². The van der Waals surface area contributed by atoms with Crippen LogP contribution in [0.5, 0.6) is 5.75 Å². The van der Waals surface area contributed by atoms with Gasteiger partial charge in [0, 0.05) is 18.5 Å². The predicted octanol–water partition coefficient (Wildman–Crippen LogP) is 6.13. The van der Waals surface area contributed by atoms with E-state index in [4.69, 9.17) is 9.84 Å². The van der Waals surface area contributed by atoms with Gasteiger partial charge in [0.2, 0.25) is 0 Å². The number of thioether (sulfide) groups is 1. The zero-order chi connectivity index (χ0) is 31.9.